The molecule has 2 aliphatic heterocycles. The second-order valence-corrected chi connectivity index (χ2v) is 8.24. The summed E-state index contributed by atoms with van der Waals surface area (Å²) in [7, 11) is 0. The number of nitrogens with one attached hydrogen (secondary N) is 1. The van der Waals surface area contributed by atoms with Gasteiger partial charge in [-0.25, -0.2) is 13.8 Å². The quantitative estimate of drug-likeness (QED) is 0.397. The molecule has 2 aliphatic rings. The van der Waals surface area contributed by atoms with Crippen molar-refractivity contribution < 1.29 is 38.2 Å². The maximum absolute atomic E-state index is 14.1. The first-order valence-corrected chi connectivity index (χ1v) is 10.6. The smallest absolute Gasteiger partial charge is 0.319 e. The summed E-state index contributed by atoms with van der Waals surface area (Å²) in [6.07, 6.45) is 0.549. The second-order valence-electron chi connectivity index (χ2n) is 8.24. The maximum atomic E-state index is 14.1. The van der Waals surface area contributed by atoms with Crippen LogP contribution in [0.5, 0.6) is 0 Å². The number of carboxylic acid groups (broad SMARTS) is 1. The fourth-order valence-corrected chi connectivity index (χ4v) is 4.57. The van der Waals surface area contributed by atoms with E-state index in [0.717, 1.165) is 23.2 Å². The number of nitrogens with zero attached hydrogens (tertiary/aromatic N) is 3. The zero-order chi connectivity index (χ0) is 23.8. The highest BCUT2D eigenvalue weighted by molar-refractivity contribution is 5.98. The number of hydrogen-bond donors (Lipinski definition) is 2. The van der Waals surface area contributed by atoms with Gasteiger partial charge in [-0.2, -0.15) is 10.2 Å². The molecule has 0 radical (unpaired) electrons. The fourth-order valence-electron chi connectivity index (χ4n) is 4.57. The largest absolute Gasteiger partial charge is 0.494 e. The third kappa shape index (κ3) is 4.03. The van der Waals surface area contributed by atoms with Crippen LogP contribution in [0.15, 0.2) is 36.5 Å². The molecule has 0 bridgehead atoms. The zero-order valence-electron chi connectivity index (χ0n) is 17.9. The Bertz CT molecular complexity index is 1040. The van der Waals surface area contributed by atoms with Crippen LogP contribution in [0, 0.1) is 17.6 Å². The van der Waals surface area contributed by atoms with Crippen molar-refractivity contribution in [3.63, 3.8) is 0 Å². The van der Waals surface area contributed by atoms with Crippen LogP contribution in [0.25, 0.3) is 0 Å². The van der Waals surface area contributed by atoms with Gasteiger partial charge in [-0.05, 0) is 42.7 Å². The van der Waals surface area contributed by atoms with Crippen LogP contribution >= 0.6 is 0 Å². The summed E-state index contributed by atoms with van der Waals surface area (Å²) in [5.74, 6) is -3.03. The van der Waals surface area contributed by atoms with Crippen molar-refractivity contribution in [3.05, 3.63) is 53.7 Å². The molecule has 1 aromatic heterocycles. The topological polar surface area (TPSA) is 115 Å². The summed E-state index contributed by atoms with van der Waals surface area (Å²) in [5.41, 5.74) is -0.156. The van der Waals surface area contributed by atoms with Crippen LogP contribution in [0.4, 0.5) is 25.1 Å². The number of benzene rings is 1. The molecule has 176 valence electrons. The summed E-state index contributed by atoms with van der Waals surface area (Å²) in [5, 5.41) is 27.1. The lowest BCUT2D eigenvalue weighted by atomic mass is 9.92. The number of para-hydroxylation sites is 1. The van der Waals surface area contributed by atoms with Crippen LogP contribution < -0.4 is 15.4 Å². The molecule has 1 saturated heterocycles. The van der Waals surface area contributed by atoms with Crippen molar-refractivity contribution in [3.8, 4) is 0 Å². The molecule has 4 rings (SSSR count). The molecule has 2 aromatic rings. The lowest BCUT2D eigenvalue weighted by molar-refractivity contribution is -1.08. The third-order valence-electron chi connectivity index (χ3n) is 6.42. The van der Waals surface area contributed by atoms with E-state index in [0.29, 0.717) is 31.6 Å². The molecule has 0 saturated carbocycles. The lowest BCUT2D eigenvalue weighted by Gasteiger charge is -2.45. The number of rotatable bonds is 5. The molecule has 1 fully saturated rings. The molecular weight excluding hydrogens is 438 g/mol. The standard InChI is InChI=1S/C22H24F2N4O5/c1-13(14-7-10-33-11-8-14)28(32,22(30)31)27-18(12-15-4-3-9-25-20(15)27)21(29)26-19-16(23)5-2-6-17(19)24/h2-6,9,13-14,18,32H,7-8,10-12H2,1H3,(H-,26,29,30,31). The second kappa shape index (κ2) is 9.00. The molecule has 1 aromatic carbocycles. The highest BCUT2D eigenvalue weighted by atomic mass is 19.1. The van der Waals surface area contributed by atoms with Gasteiger partial charge >= 0.3 is 6.09 Å². The highest BCUT2D eigenvalue weighted by Gasteiger charge is 2.55. The van der Waals surface area contributed by atoms with E-state index in [1.54, 1.807) is 19.1 Å². The van der Waals surface area contributed by atoms with Gasteiger partial charge in [0.1, 0.15) is 17.3 Å². The van der Waals surface area contributed by atoms with Crippen molar-refractivity contribution >= 4 is 23.5 Å². The molecular formula is C22H24F2N4O5. The van der Waals surface area contributed by atoms with E-state index in [1.807, 2.05) is 0 Å². The summed E-state index contributed by atoms with van der Waals surface area (Å²) < 4.78 is 31.9. The van der Waals surface area contributed by atoms with Gasteiger partial charge in [-0.1, -0.05) is 12.1 Å². The summed E-state index contributed by atoms with van der Waals surface area (Å²) in [6, 6.07) is 4.14. The molecule has 2 N–H and O–H groups in total. The predicted octanol–water partition coefficient (Wildman–Crippen LogP) is 2.01. The number of amides is 2. The van der Waals surface area contributed by atoms with E-state index in [9.17, 15) is 28.7 Å². The molecule has 0 spiro atoms. The van der Waals surface area contributed by atoms with Crippen molar-refractivity contribution in [2.45, 2.75) is 38.3 Å². The van der Waals surface area contributed by atoms with E-state index < -0.39 is 46.2 Å². The molecule has 11 heteroatoms. The fraction of sp³-hybridized carbons (Fsp3) is 0.409. The Morgan fingerprint density at radius 2 is 1.91 bits per heavy atom. The Hall–Kier alpha value is -3.15. The van der Waals surface area contributed by atoms with Crippen molar-refractivity contribution in [2.24, 2.45) is 5.92 Å². The minimum atomic E-state index is -1.85. The van der Waals surface area contributed by atoms with Gasteiger partial charge in [0.15, 0.2) is 17.9 Å². The van der Waals surface area contributed by atoms with Gasteiger partial charge in [-0.3, -0.25) is 4.79 Å². The number of fused-ring (bicyclic) bond motifs is 1. The molecule has 9 nitrogen and oxygen atoms in total. The molecule has 3 unspecified atom stereocenters. The van der Waals surface area contributed by atoms with Gasteiger partial charge in [0.25, 0.3) is 5.91 Å². The summed E-state index contributed by atoms with van der Waals surface area (Å²) in [6.45, 7) is 2.37. The molecule has 3 atom stereocenters. The van der Waals surface area contributed by atoms with Crippen molar-refractivity contribution in [1.29, 1.82) is 0 Å². The van der Waals surface area contributed by atoms with Gasteiger partial charge < -0.3 is 20.0 Å². The van der Waals surface area contributed by atoms with Crippen molar-refractivity contribution in [2.75, 3.05) is 23.5 Å². The first-order chi connectivity index (χ1) is 15.7. The minimum absolute atomic E-state index is 0.0284. The number of carbonyl (C=O) groups is 2. The Balaban J connectivity index is 1.74. The number of hydrogen-bond acceptors (Lipinski definition) is 7. The number of pyridine rings is 1. The van der Waals surface area contributed by atoms with E-state index in [4.69, 9.17) is 4.74 Å². The Labute approximate surface area is 188 Å². The average Bonchev–Trinajstić information content (AvgIpc) is 3.21. The molecule has 2 amide bonds. The third-order valence-corrected chi connectivity index (χ3v) is 6.42. The molecule has 0 aliphatic carbocycles. The van der Waals surface area contributed by atoms with Crippen LogP contribution in [0.3, 0.4) is 0 Å². The average molecular weight is 462 g/mol. The molecule has 33 heavy (non-hydrogen) atoms. The highest BCUT2D eigenvalue weighted by Crippen LogP contribution is 2.38. The van der Waals surface area contributed by atoms with E-state index >= 15 is 0 Å². The normalized spacial score (nSPS) is 21.2. The number of carbonyl (C=O) groups excluding carboxylic acids is 2. The SMILES string of the molecule is CC(C1CCOCC1)[N+](O)(C(=O)[O-])N1c2ncccc2CC1C(=O)Nc1c(F)cccc1F. The predicted molar refractivity (Wildman–Crippen MR) is 110 cm³/mol. The number of ether oxygens (including phenoxy) is 1. The Kier molecular flexibility index (Phi) is 6.28. The number of halogens is 2. The number of anilines is 2. The zero-order valence-corrected chi connectivity index (χ0v) is 17.9. The summed E-state index contributed by atoms with van der Waals surface area (Å²) in [4.78, 5) is 29.8. The number of hydroxylamine groups is 2. The van der Waals surface area contributed by atoms with Gasteiger partial charge in [0.2, 0.25) is 0 Å². The molecule has 3 heterocycles. The van der Waals surface area contributed by atoms with Crippen LogP contribution in [0.2, 0.25) is 0 Å². The van der Waals surface area contributed by atoms with Gasteiger partial charge in [0, 0.05) is 37.3 Å². The van der Waals surface area contributed by atoms with Crippen molar-refractivity contribution in [1.82, 2.24) is 4.98 Å². The minimum Gasteiger partial charge on any atom is -0.494 e. The number of quaternary nitrogens is 1. The van der Waals surface area contributed by atoms with Gasteiger partial charge in [-0.15, -0.1) is 0 Å². The first kappa shape index (κ1) is 23.0. The Morgan fingerprint density at radius 1 is 1.24 bits per heavy atom. The van der Waals surface area contributed by atoms with Gasteiger partial charge in [0.05, 0.1) is 0 Å². The van der Waals surface area contributed by atoms with Crippen LogP contribution in [-0.4, -0.2) is 52.2 Å². The Morgan fingerprint density at radius 3 is 2.55 bits per heavy atom. The van der Waals surface area contributed by atoms with Crippen LogP contribution in [0.1, 0.15) is 25.3 Å². The van der Waals surface area contributed by atoms with Crippen LogP contribution in [-0.2, 0) is 16.0 Å². The lowest BCUT2D eigenvalue weighted by Crippen LogP contribution is -2.74. The van der Waals surface area contributed by atoms with E-state index in [1.165, 1.54) is 6.20 Å². The van der Waals surface area contributed by atoms with E-state index in [2.05, 4.69) is 10.3 Å². The maximum Gasteiger partial charge on any atom is 0.319 e. The summed E-state index contributed by atoms with van der Waals surface area (Å²) >= 11 is 0. The van der Waals surface area contributed by atoms with E-state index in [-0.39, 0.29) is 18.2 Å². The number of aromatic nitrogens is 1. The monoisotopic (exact) mass is 462 g/mol. The first-order valence-electron chi connectivity index (χ1n) is 10.6.